The minimum Gasteiger partial charge on any atom is -0.478 e. The first kappa shape index (κ1) is 12.0. The Hall–Kier alpha value is -0.725. The lowest BCUT2D eigenvalue weighted by Gasteiger charge is -1.75. The molecule has 0 aromatic carbocycles. The average Bonchev–Trinajstić information content (AvgIpc) is 1.91. The topological polar surface area (TPSA) is 37.3 Å². The molecule has 0 saturated carbocycles. The predicted octanol–water partition coefficient (Wildman–Crippen LogP) is 1.82. The van der Waals surface area contributed by atoms with Crippen LogP contribution in [0.5, 0.6) is 0 Å². The fourth-order valence-electron chi connectivity index (χ4n) is 0.289. The number of carbonyl (C=O) groups is 1. The van der Waals surface area contributed by atoms with Gasteiger partial charge in [0.2, 0.25) is 0 Å². The lowest BCUT2D eigenvalue weighted by Crippen LogP contribution is -1.82. The molecule has 0 fully saturated rings. The van der Waals surface area contributed by atoms with Crippen molar-refractivity contribution in [3.8, 4) is 0 Å². The highest BCUT2D eigenvalue weighted by atomic mass is 16.4. The SMILES string of the molecule is C=CC(=O)O.CC[B]CC. The summed E-state index contributed by atoms with van der Waals surface area (Å²) in [6, 6.07) is 0. The summed E-state index contributed by atoms with van der Waals surface area (Å²) in [4.78, 5) is 9.25. The third kappa shape index (κ3) is 26.7. The summed E-state index contributed by atoms with van der Waals surface area (Å²) in [6.45, 7) is 7.27. The molecule has 1 radical (unpaired) electrons. The van der Waals surface area contributed by atoms with Crippen LogP contribution in [0.3, 0.4) is 0 Å². The normalized spacial score (nSPS) is 7.00. The van der Waals surface area contributed by atoms with Gasteiger partial charge in [0.1, 0.15) is 7.28 Å². The third-order valence-electron chi connectivity index (χ3n) is 0.752. The van der Waals surface area contributed by atoms with Gasteiger partial charge in [-0.25, -0.2) is 4.79 Å². The van der Waals surface area contributed by atoms with Gasteiger partial charge >= 0.3 is 5.97 Å². The van der Waals surface area contributed by atoms with Gasteiger partial charge in [-0.15, -0.1) is 0 Å². The number of rotatable bonds is 3. The Bertz CT molecular complexity index is 89.6. The van der Waals surface area contributed by atoms with Crippen LogP contribution < -0.4 is 0 Å². The molecule has 0 heterocycles. The third-order valence-corrected chi connectivity index (χ3v) is 0.752. The quantitative estimate of drug-likeness (QED) is 0.480. The zero-order valence-electron chi connectivity index (χ0n) is 6.63. The number of aliphatic carboxylic acids is 1. The monoisotopic (exact) mass is 141 g/mol. The van der Waals surface area contributed by atoms with Crippen LogP contribution in [0, 0.1) is 0 Å². The van der Waals surface area contributed by atoms with Gasteiger partial charge in [-0.3, -0.25) is 0 Å². The predicted molar refractivity (Wildman–Crippen MR) is 44.5 cm³/mol. The highest BCUT2D eigenvalue weighted by Crippen LogP contribution is 1.77. The summed E-state index contributed by atoms with van der Waals surface area (Å²) >= 11 is 0. The smallest absolute Gasteiger partial charge is 0.327 e. The van der Waals surface area contributed by atoms with Crippen LogP contribution in [0.4, 0.5) is 0 Å². The lowest BCUT2D eigenvalue weighted by molar-refractivity contribution is -0.131. The zero-order chi connectivity index (χ0) is 8.41. The van der Waals surface area contributed by atoms with Crippen LogP contribution >= 0.6 is 0 Å². The molecule has 0 atom stereocenters. The number of carboxylic acids is 1. The molecule has 10 heavy (non-hydrogen) atoms. The van der Waals surface area contributed by atoms with Crippen molar-refractivity contribution in [2.45, 2.75) is 26.5 Å². The van der Waals surface area contributed by atoms with Crippen molar-refractivity contribution in [1.82, 2.24) is 0 Å². The Kier molecular flexibility index (Phi) is 13.3. The molecule has 3 heteroatoms. The van der Waals surface area contributed by atoms with E-state index in [1.165, 1.54) is 12.6 Å². The molecule has 57 valence electrons. The largest absolute Gasteiger partial charge is 0.478 e. The van der Waals surface area contributed by atoms with Gasteiger partial charge < -0.3 is 5.11 Å². The molecule has 1 N–H and O–H groups in total. The fraction of sp³-hybridized carbons (Fsp3) is 0.571. The van der Waals surface area contributed by atoms with E-state index in [1.807, 2.05) is 0 Å². The van der Waals surface area contributed by atoms with Crippen molar-refractivity contribution in [1.29, 1.82) is 0 Å². The highest BCUT2D eigenvalue weighted by Gasteiger charge is 1.73. The fourth-order valence-corrected chi connectivity index (χ4v) is 0.289. The minimum atomic E-state index is -0.981. The van der Waals surface area contributed by atoms with Gasteiger partial charge in [0.15, 0.2) is 0 Å². The second kappa shape index (κ2) is 11.1. The summed E-state index contributed by atoms with van der Waals surface area (Å²) < 4.78 is 0. The molecule has 0 aliphatic rings. The van der Waals surface area contributed by atoms with Crippen molar-refractivity contribution >= 4 is 13.2 Å². The molecule has 0 unspecified atom stereocenters. The molecule has 0 spiro atoms. The van der Waals surface area contributed by atoms with Gasteiger partial charge in [-0.2, -0.15) is 0 Å². The van der Waals surface area contributed by atoms with Crippen molar-refractivity contribution in [3.63, 3.8) is 0 Å². The van der Waals surface area contributed by atoms with Gasteiger partial charge in [-0.1, -0.05) is 33.1 Å². The van der Waals surface area contributed by atoms with Crippen LogP contribution in [-0.4, -0.2) is 18.4 Å². The first-order valence-electron chi connectivity index (χ1n) is 3.36. The number of carboxylic acid groups (broad SMARTS) is 1. The molecule has 0 aromatic heterocycles. The summed E-state index contributed by atoms with van der Waals surface area (Å²) in [6.07, 6.45) is 3.27. The van der Waals surface area contributed by atoms with Gasteiger partial charge in [-0.05, 0) is 0 Å². The molecule has 0 aliphatic carbocycles. The molecule has 0 bridgehead atoms. The lowest BCUT2D eigenvalue weighted by atomic mass is 9.73. The number of hydrogen-bond acceptors (Lipinski definition) is 1. The van der Waals surface area contributed by atoms with Gasteiger partial charge in [0.25, 0.3) is 0 Å². The van der Waals surface area contributed by atoms with Crippen LogP contribution in [0.15, 0.2) is 12.7 Å². The molecule has 0 aliphatic heterocycles. The molecular formula is C7H14BO2. The molecule has 0 rings (SSSR count). The second-order valence-electron chi connectivity index (χ2n) is 1.65. The van der Waals surface area contributed by atoms with Crippen molar-refractivity contribution in [2.75, 3.05) is 0 Å². The standard InChI is InChI=1S/C4H10B.C3H4O2/c1-3-5-4-2;1-2-3(4)5/h3-4H2,1-2H3;2H,1H2,(H,4,5). The maximum absolute atomic E-state index is 9.25. The van der Waals surface area contributed by atoms with E-state index in [4.69, 9.17) is 5.11 Å². The van der Waals surface area contributed by atoms with E-state index in [1.54, 1.807) is 0 Å². The summed E-state index contributed by atoms with van der Waals surface area (Å²) in [5.74, 6) is -0.981. The van der Waals surface area contributed by atoms with Crippen LogP contribution in [0.25, 0.3) is 0 Å². The van der Waals surface area contributed by atoms with Gasteiger partial charge in [0, 0.05) is 6.08 Å². The second-order valence-corrected chi connectivity index (χ2v) is 1.65. The van der Waals surface area contributed by atoms with Crippen molar-refractivity contribution < 1.29 is 9.90 Å². The Morgan fingerprint density at radius 3 is 1.90 bits per heavy atom. The average molecular weight is 141 g/mol. The zero-order valence-corrected chi connectivity index (χ0v) is 6.63. The first-order chi connectivity index (χ1) is 4.68. The molecule has 0 aromatic rings. The van der Waals surface area contributed by atoms with Gasteiger partial charge in [0.05, 0.1) is 0 Å². The van der Waals surface area contributed by atoms with Crippen molar-refractivity contribution in [3.05, 3.63) is 12.7 Å². The van der Waals surface area contributed by atoms with E-state index in [0.29, 0.717) is 0 Å². The highest BCUT2D eigenvalue weighted by molar-refractivity contribution is 6.34. The Balaban J connectivity index is 0. The number of hydrogen-bond donors (Lipinski definition) is 1. The Morgan fingerprint density at radius 2 is 1.90 bits per heavy atom. The van der Waals surface area contributed by atoms with E-state index in [9.17, 15) is 4.79 Å². The first-order valence-corrected chi connectivity index (χ1v) is 3.36. The van der Waals surface area contributed by atoms with Crippen molar-refractivity contribution in [2.24, 2.45) is 0 Å². The maximum atomic E-state index is 9.25. The summed E-state index contributed by atoms with van der Waals surface area (Å²) in [7, 11) is 2.25. The van der Waals surface area contributed by atoms with E-state index < -0.39 is 5.97 Å². The van der Waals surface area contributed by atoms with Crippen LogP contribution in [0.1, 0.15) is 13.8 Å². The molecule has 2 nitrogen and oxygen atoms in total. The molecule has 0 amide bonds. The maximum Gasteiger partial charge on any atom is 0.327 e. The summed E-state index contributed by atoms with van der Waals surface area (Å²) in [5, 5.41) is 7.60. The Labute approximate surface area is 63.2 Å². The van der Waals surface area contributed by atoms with E-state index in [0.717, 1.165) is 6.08 Å². The van der Waals surface area contributed by atoms with E-state index >= 15 is 0 Å². The van der Waals surface area contributed by atoms with Crippen LogP contribution in [-0.2, 0) is 4.79 Å². The molecular weight excluding hydrogens is 127 g/mol. The van der Waals surface area contributed by atoms with E-state index in [-0.39, 0.29) is 0 Å². The minimum absolute atomic E-state index is 0.833. The summed E-state index contributed by atoms with van der Waals surface area (Å²) in [5.41, 5.74) is 0. The molecule has 0 saturated heterocycles. The van der Waals surface area contributed by atoms with E-state index in [2.05, 4.69) is 27.7 Å². The Morgan fingerprint density at radius 1 is 1.60 bits per heavy atom. The van der Waals surface area contributed by atoms with Crippen LogP contribution in [0.2, 0.25) is 12.6 Å².